The summed E-state index contributed by atoms with van der Waals surface area (Å²) in [5.41, 5.74) is 3.25. The van der Waals surface area contributed by atoms with Gasteiger partial charge in [-0.05, 0) is 36.6 Å². The molecule has 0 bridgehead atoms. The van der Waals surface area contributed by atoms with Crippen LogP contribution in [0.3, 0.4) is 0 Å². The van der Waals surface area contributed by atoms with Gasteiger partial charge in [-0.1, -0.05) is 42.2 Å². The van der Waals surface area contributed by atoms with Crippen LogP contribution in [-0.4, -0.2) is 153 Å². The standard InChI is InChI=1S/C43H57N4O18P/c48-37(44-17-5-10-38(49)46-35(42(55)56)29-65-66(58,59)30-34(41(53)54)13-14-40(51)52)16-19-60-20-21-61-22-23-62-24-25-63-26-27-64-43(57)45-18-15-39(50)47-28-33-8-2-1-6-31(33)11-12-32-7-3-4-9-36(32)47/h1-4,6-9,34-35H,5,10,13-30H2,(H,44,48)(H,45,57)(H,46,49)(H,51,52)(H,53,54)(H,55,56)(H,58,59)/t34?,35-/m1/s1. The highest BCUT2D eigenvalue weighted by Crippen LogP contribution is 2.44. The molecule has 1 heterocycles. The number of amides is 4. The molecule has 66 heavy (non-hydrogen) atoms. The number of hydrogen-bond donors (Lipinski definition) is 7. The van der Waals surface area contributed by atoms with Gasteiger partial charge in [0, 0.05) is 49.9 Å². The van der Waals surface area contributed by atoms with Crippen molar-refractivity contribution in [3.8, 4) is 11.8 Å². The Balaban J connectivity index is 1.11. The second-order valence-electron chi connectivity index (χ2n) is 14.4. The molecule has 2 unspecified atom stereocenters. The molecule has 2 aromatic rings. The van der Waals surface area contributed by atoms with E-state index < -0.39 is 75.1 Å². The van der Waals surface area contributed by atoms with Gasteiger partial charge in [-0.15, -0.1) is 0 Å². The van der Waals surface area contributed by atoms with E-state index in [9.17, 15) is 53.2 Å². The topological polar surface area (TPSA) is 312 Å². The summed E-state index contributed by atoms with van der Waals surface area (Å²) in [6.45, 7) is 1.48. The second kappa shape index (κ2) is 30.3. The zero-order valence-electron chi connectivity index (χ0n) is 36.3. The summed E-state index contributed by atoms with van der Waals surface area (Å²) in [4.78, 5) is 94.9. The van der Waals surface area contributed by atoms with Crippen molar-refractivity contribution in [2.24, 2.45) is 5.92 Å². The van der Waals surface area contributed by atoms with Crippen LogP contribution in [0.25, 0.3) is 0 Å². The van der Waals surface area contributed by atoms with Crippen molar-refractivity contribution in [2.45, 2.75) is 51.1 Å². The maximum Gasteiger partial charge on any atom is 0.407 e. The van der Waals surface area contributed by atoms with Gasteiger partial charge < -0.3 is 69.3 Å². The normalized spacial score (nSPS) is 13.4. The van der Waals surface area contributed by atoms with E-state index in [1.54, 1.807) is 4.90 Å². The molecule has 22 nitrogen and oxygen atoms in total. The molecule has 3 atom stereocenters. The lowest BCUT2D eigenvalue weighted by Gasteiger charge is -2.26. The monoisotopic (exact) mass is 948 g/mol. The number of ether oxygens (including phenoxy) is 5. The summed E-state index contributed by atoms with van der Waals surface area (Å²) in [6.07, 6.45) is -2.60. The minimum atomic E-state index is -4.66. The molecule has 4 amide bonds. The molecule has 23 heteroatoms. The van der Waals surface area contributed by atoms with Crippen LogP contribution in [0, 0.1) is 17.8 Å². The van der Waals surface area contributed by atoms with Gasteiger partial charge in [0.1, 0.15) is 6.61 Å². The van der Waals surface area contributed by atoms with Crippen LogP contribution in [0.4, 0.5) is 10.5 Å². The number of fused-ring (bicyclic) bond motifs is 2. The van der Waals surface area contributed by atoms with Crippen molar-refractivity contribution in [1.82, 2.24) is 16.0 Å². The van der Waals surface area contributed by atoms with Crippen LogP contribution in [0.5, 0.6) is 0 Å². The number of hydrogen-bond acceptors (Lipinski definition) is 14. The number of benzene rings is 2. The molecule has 2 aromatic carbocycles. The van der Waals surface area contributed by atoms with E-state index in [1.165, 1.54) is 0 Å². The highest BCUT2D eigenvalue weighted by molar-refractivity contribution is 7.52. The van der Waals surface area contributed by atoms with Gasteiger partial charge >= 0.3 is 31.6 Å². The third kappa shape index (κ3) is 22.3. The predicted molar refractivity (Wildman–Crippen MR) is 232 cm³/mol. The highest BCUT2D eigenvalue weighted by Gasteiger charge is 2.32. The van der Waals surface area contributed by atoms with E-state index in [-0.39, 0.29) is 96.8 Å². The molecule has 3 rings (SSSR count). The molecule has 0 saturated carbocycles. The SMILES string of the molecule is O=C(O)CCC(CP(=O)(O)OC[C@@H](NC(=O)CCCNC(=O)CCOCCOCCOCCOCCOC(=O)NCCC(=O)N1Cc2ccccc2C#Cc2ccccc21)C(=O)O)C(=O)O. The Bertz CT molecular complexity index is 2040. The van der Waals surface area contributed by atoms with Gasteiger partial charge in [-0.3, -0.25) is 28.5 Å². The first-order valence-electron chi connectivity index (χ1n) is 21.1. The molecule has 0 saturated heterocycles. The van der Waals surface area contributed by atoms with Crippen LogP contribution in [0.1, 0.15) is 55.2 Å². The number of aliphatic carboxylic acids is 3. The number of nitrogens with zero attached hydrogens (tertiary/aromatic N) is 1. The molecule has 1 aliphatic heterocycles. The molecular formula is C43H57N4O18P. The minimum absolute atomic E-state index is 0.0107. The van der Waals surface area contributed by atoms with Crippen LogP contribution in [0.2, 0.25) is 0 Å². The van der Waals surface area contributed by atoms with E-state index in [1.807, 2.05) is 48.5 Å². The van der Waals surface area contributed by atoms with Crippen molar-refractivity contribution in [1.29, 1.82) is 0 Å². The maximum absolute atomic E-state index is 13.3. The summed E-state index contributed by atoms with van der Waals surface area (Å²) in [5.74, 6) is -0.856. The molecule has 0 radical (unpaired) electrons. The molecule has 362 valence electrons. The van der Waals surface area contributed by atoms with E-state index >= 15 is 0 Å². The number of para-hydroxylation sites is 1. The number of rotatable bonds is 33. The Kier molecular flexibility index (Phi) is 25.0. The quantitative estimate of drug-likeness (QED) is 0.0304. The predicted octanol–water partition coefficient (Wildman–Crippen LogP) is 1.74. The van der Waals surface area contributed by atoms with Crippen LogP contribution < -0.4 is 20.9 Å². The van der Waals surface area contributed by atoms with Crippen LogP contribution in [-0.2, 0) is 68.1 Å². The number of alkyl carbamates (subject to hydrolysis) is 1. The molecule has 0 aromatic heterocycles. The lowest BCUT2D eigenvalue weighted by Crippen LogP contribution is -2.44. The summed E-state index contributed by atoms with van der Waals surface area (Å²) < 4.78 is 43.8. The van der Waals surface area contributed by atoms with E-state index in [4.69, 9.17) is 33.3 Å². The molecule has 0 spiro atoms. The molecular weight excluding hydrogens is 891 g/mol. The Hall–Kier alpha value is -5.92. The van der Waals surface area contributed by atoms with Crippen LogP contribution in [0.15, 0.2) is 48.5 Å². The van der Waals surface area contributed by atoms with Crippen molar-refractivity contribution in [3.05, 3.63) is 65.2 Å². The number of nitrogens with one attached hydrogen (secondary N) is 3. The van der Waals surface area contributed by atoms with E-state index in [0.717, 1.165) is 16.7 Å². The lowest BCUT2D eigenvalue weighted by atomic mass is 10.0. The number of carbonyl (C=O) groups excluding carboxylic acids is 4. The fourth-order valence-electron chi connectivity index (χ4n) is 5.90. The van der Waals surface area contributed by atoms with Crippen molar-refractivity contribution in [3.63, 3.8) is 0 Å². The Morgan fingerprint density at radius 3 is 1.94 bits per heavy atom. The average molecular weight is 949 g/mol. The van der Waals surface area contributed by atoms with Gasteiger partial charge in [-0.25, -0.2) is 9.59 Å². The molecule has 7 N–H and O–H groups in total. The smallest absolute Gasteiger partial charge is 0.407 e. The molecule has 0 aliphatic carbocycles. The summed E-state index contributed by atoms with van der Waals surface area (Å²) in [7, 11) is -4.66. The van der Waals surface area contributed by atoms with Gasteiger partial charge in [0.15, 0.2) is 6.04 Å². The average Bonchev–Trinajstić information content (AvgIpc) is 3.27. The van der Waals surface area contributed by atoms with Gasteiger partial charge in [0.25, 0.3) is 0 Å². The van der Waals surface area contributed by atoms with Crippen molar-refractivity contribution >= 4 is 55.0 Å². The first-order valence-corrected chi connectivity index (χ1v) is 22.8. The molecule has 1 aliphatic rings. The number of anilines is 1. The summed E-state index contributed by atoms with van der Waals surface area (Å²) in [5, 5.41) is 34.6. The van der Waals surface area contributed by atoms with E-state index in [0.29, 0.717) is 25.4 Å². The second-order valence-corrected chi connectivity index (χ2v) is 16.3. The zero-order valence-corrected chi connectivity index (χ0v) is 37.2. The fraction of sp³-hybridized carbons (Fsp3) is 0.512. The number of carbonyl (C=O) groups is 7. The highest BCUT2D eigenvalue weighted by atomic mass is 31.2. The first-order chi connectivity index (χ1) is 31.6. The van der Waals surface area contributed by atoms with Gasteiger partial charge in [0.2, 0.25) is 17.7 Å². The van der Waals surface area contributed by atoms with Gasteiger partial charge in [0.05, 0.1) is 83.8 Å². The van der Waals surface area contributed by atoms with E-state index in [2.05, 4.69) is 27.8 Å². The minimum Gasteiger partial charge on any atom is -0.481 e. The lowest BCUT2D eigenvalue weighted by molar-refractivity contribution is -0.143. The first kappa shape index (κ1) is 54.4. The third-order valence-electron chi connectivity index (χ3n) is 9.32. The fourth-order valence-corrected chi connectivity index (χ4v) is 7.29. The summed E-state index contributed by atoms with van der Waals surface area (Å²) >= 11 is 0. The summed E-state index contributed by atoms with van der Waals surface area (Å²) in [6, 6.07) is 13.4. The Morgan fingerprint density at radius 2 is 1.29 bits per heavy atom. The zero-order chi connectivity index (χ0) is 48.2. The Morgan fingerprint density at radius 1 is 0.682 bits per heavy atom. The molecule has 0 fully saturated rings. The van der Waals surface area contributed by atoms with Crippen molar-refractivity contribution in [2.75, 3.05) is 90.2 Å². The number of carboxylic acid groups (broad SMARTS) is 3. The van der Waals surface area contributed by atoms with Gasteiger partial charge in [-0.2, -0.15) is 0 Å². The largest absolute Gasteiger partial charge is 0.481 e. The van der Waals surface area contributed by atoms with Crippen LogP contribution >= 0.6 is 7.60 Å². The third-order valence-corrected chi connectivity index (χ3v) is 10.8. The maximum atomic E-state index is 13.3. The Labute approximate surface area is 381 Å². The number of carboxylic acids is 3. The van der Waals surface area contributed by atoms with Crippen molar-refractivity contribution < 1.29 is 86.5 Å².